The molecule has 1 aromatic carbocycles. The molecule has 2 aliphatic rings. The molecular formula is C37H56N4O18S2. The summed E-state index contributed by atoms with van der Waals surface area (Å²) < 4.78 is 28.0. The Bertz CT molecular complexity index is 1610. The van der Waals surface area contributed by atoms with Gasteiger partial charge in [0, 0.05) is 63.3 Å². The molecule has 0 bridgehead atoms. The minimum atomic E-state index is -2.10. The number of aliphatic hydroxyl groups is 6. The number of nitro groups is 1. The Kier molecular flexibility index (Phi) is 21.5. The summed E-state index contributed by atoms with van der Waals surface area (Å²) in [5.74, 6) is -1.84. The van der Waals surface area contributed by atoms with Crippen molar-refractivity contribution < 1.29 is 83.2 Å². The van der Waals surface area contributed by atoms with E-state index in [2.05, 4.69) is 16.0 Å². The van der Waals surface area contributed by atoms with Crippen LogP contribution in [0.5, 0.6) is 5.75 Å². The van der Waals surface area contributed by atoms with Gasteiger partial charge in [0.25, 0.3) is 5.69 Å². The summed E-state index contributed by atoms with van der Waals surface area (Å²) in [5.41, 5.74) is -0.125. The number of ether oxygens (including phenoxy) is 5. The molecule has 2 saturated heterocycles. The Balaban J connectivity index is 1.47. The highest BCUT2D eigenvalue weighted by Gasteiger charge is 2.56. The second kappa shape index (κ2) is 25.4. The maximum absolute atomic E-state index is 13.2. The number of esters is 2. The van der Waals surface area contributed by atoms with Gasteiger partial charge in [-0.05, 0) is 37.1 Å². The van der Waals surface area contributed by atoms with Gasteiger partial charge in [0.05, 0.1) is 43.5 Å². The number of non-ortho nitro benzene ring substituents is 1. The highest BCUT2D eigenvalue weighted by molar-refractivity contribution is 8.01. The zero-order valence-electron chi connectivity index (χ0n) is 33.9. The summed E-state index contributed by atoms with van der Waals surface area (Å²) >= 11 is 2.21. The molecular weight excluding hydrogens is 853 g/mol. The predicted octanol–water partition coefficient (Wildman–Crippen LogP) is -1.76. The molecule has 3 rings (SSSR count). The summed E-state index contributed by atoms with van der Waals surface area (Å²) in [6, 6.07) is 2.61. The van der Waals surface area contributed by atoms with Crippen molar-refractivity contribution in [3.8, 4) is 5.75 Å². The average molecular weight is 909 g/mol. The predicted molar refractivity (Wildman–Crippen MR) is 216 cm³/mol. The molecule has 2 aliphatic heterocycles. The van der Waals surface area contributed by atoms with Crippen LogP contribution in [0.4, 0.5) is 5.69 Å². The molecule has 11 atom stereocenters. The van der Waals surface area contributed by atoms with E-state index in [1.807, 2.05) is 0 Å². The Morgan fingerprint density at radius 1 is 0.967 bits per heavy atom. The summed E-state index contributed by atoms with van der Waals surface area (Å²) in [7, 11) is 1.04. The Morgan fingerprint density at radius 2 is 1.62 bits per heavy atom. The minimum Gasteiger partial charge on any atom is -0.466 e. The number of aliphatic hydroxyl groups excluding tert-OH is 6. The maximum Gasteiger partial charge on any atom is 0.348 e. The maximum atomic E-state index is 13.2. The lowest BCUT2D eigenvalue weighted by Gasteiger charge is -2.48. The van der Waals surface area contributed by atoms with Crippen molar-refractivity contribution in [1.82, 2.24) is 16.0 Å². The molecule has 1 aromatic rings. The largest absolute Gasteiger partial charge is 0.466 e. The fraction of sp³-hybridized carbons (Fsp3) is 0.703. The lowest BCUT2D eigenvalue weighted by Crippen LogP contribution is -2.67. The lowest BCUT2D eigenvalue weighted by molar-refractivity contribution is -0.384. The lowest BCUT2D eigenvalue weighted by atomic mass is 9.89. The Hall–Kier alpha value is -3.69. The van der Waals surface area contributed by atoms with Crippen LogP contribution in [0, 0.1) is 10.1 Å². The standard InChI is InChI=1S/C37H56N4O18S2/c1-20(43)39-29-24(45)17-37(36(52)55-3,59-34(29)31(49)25(46)18-42)61-19-26-32(50)33(51)30(40-21(2)44)35(58-26)56-14-6-15-60-16-13-38-27(47)7-4-5-8-28(48)57-23-11-9-22(10-12-23)41(53)54/h9-12,24-26,29-35,42,45-46,49-51H,4-8,13-19H2,1-3H3,(H,38,47)(H,39,43)(H,40,44)/t24-,25+,26+,29+,30+,31+,32-,33+,34+,35-,37-/m0/s1. The third-order valence-corrected chi connectivity index (χ3v) is 12.0. The van der Waals surface area contributed by atoms with Crippen molar-refractivity contribution in [2.75, 3.05) is 44.1 Å². The molecule has 22 nitrogen and oxygen atoms in total. The summed E-state index contributed by atoms with van der Waals surface area (Å²) in [6.45, 7) is 1.90. The van der Waals surface area contributed by atoms with E-state index in [1.54, 1.807) is 0 Å². The molecule has 3 amide bonds. The van der Waals surface area contributed by atoms with Gasteiger partial charge < -0.3 is 70.3 Å². The van der Waals surface area contributed by atoms with Gasteiger partial charge in [-0.1, -0.05) is 0 Å². The first-order valence-electron chi connectivity index (χ1n) is 19.4. The van der Waals surface area contributed by atoms with E-state index in [4.69, 9.17) is 23.7 Å². The van der Waals surface area contributed by atoms with E-state index >= 15 is 0 Å². The quantitative estimate of drug-likeness (QED) is 0.0182. The van der Waals surface area contributed by atoms with E-state index in [9.17, 15) is 64.7 Å². The van der Waals surface area contributed by atoms with E-state index in [0.29, 0.717) is 49.1 Å². The first-order chi connectivity index (χ1) is 28.9. The average Bonchev–Trinajstić information content (AvgIpc) is 3.22. The molecule has 2 fully saturated rings. The van der Waals surface area contributed by atoms with E-state index in [1.165, 1.54) is 43.0 Å². The number of rotatable bonds is 24. The van der Waals surface area contributed by atoms with Crippen LogP contribution >= 0.6 is 23.5 Å². The number of nitro benzene ring substituents is 1. The smallest absolute Gasteiger partial charge is 0.348 e. The van der Waals surface area contributed by atoms with Gasteiger partial charge in [0.2, 0.25) is 22.7 Å². The number of thioether (sulfide) groups is 2. The van der Waals surface area contributed by atoms with Crippen molar-refractivity contribution >= 4 is 58.9 Å². The molecule has 344 valence electrons. The van der Waals surface area contributed by atoms with Gasteiger partial charge in [0.15, 0.2) is 6.29 Å². The zero-order chi connectivity index (χ0) is 45.3. The molecule has 24 heteroatoms. The molecule has 0 radical (unpaired) electrons. The highest BCUT2D eigenvalue weighted by atomic mass is 32.2. The van der Waals surface area contributed by atoms with Gasteiger partial charge in [0.1, 0.15) is 42.3 Å². The normalized spacial score (nSPS) is 27.2. The van der Waals surface area contributed by atoms with Crippen LogP contribution in [0.3, 0.4) is 0 Å². The van der Waals surface area contributed by atoms with Crippen LogP contribution in [-0.4, -0.2) is 175 Å². The highest BCUT2D eigenvalue weighted by Crippen LogP contribution is 2.42. The number of methoxy groups -OCH3 is 1. The molecule has 61 heavy (non-hydrogen) atoms. The van der Waals surface area contributed by atoms with Gasteiger partial charge in [-0.3, -0.25) is 29.3 Å². The Labute approximate surface area is 359 Å². The third kappa shape index (κ3) is 15.9. The van der Waals surface area contributed by atoms with Crippen LogP contribution in [0.25, 0.3) is 0 Å². The molecule has 9 N–H and O–H groups in total. The summed E-state index contributed by atoms with van der Waals surface area (Å²) in [5, 5.41) is 82.1. The molecule has 0 spiro atoms. The second-order valence-corrected chi connectivity index (χ2v) is 16.8. The summed E-state index contributed by atoms with van der Waals surface area (Å²) in [4.78, 5) is 69.5. The SMILES string of the molecule is COC(=O)[C@@]1(SC[C@H]2O[C@H](OCCCSCCNC(=O)CCCCC(=O)Oc3ccc([N+](=O)[O-])cc3)[C@H](NC(C)=O)[C@@H](O)[C@H]2O)C[C@H](O)[C@@H](NC(C)=O)[C@H]([C@H](O)[C@H](O)CO)O1. The molecule has 0 aliphatic carbocycles. The monoisotopic (exact) mass is 908 g/mol. The van der Waals surface area contributed by atoms with Crippen molar-refractivity contribution in [2.24, 2.45) is 0 Å². The molecule has 0 saturated carbocycles. The number of hydrogen-bond donors (Lipinski definition) is 9. The topological polar surface area (TPSA) is 332 Å². The molecule has 0 unspecified atom stereocenters. The van der Waals surface area contributed by atoms with Crippen molar-refractivity contribution in [3.63, 3.8) is 0 Å². The van der Waals surface area contributed by atoms with E-state index in [-0.39, 0.29) is 42.5 Å². The van der Waals surface area contributed by atoms with E-state index in [0.717, 1.165) is 14.0 Å². The van der Waals surface area contributed by atoms with Crippen molar-refractivity contribution in [3.05, 3.63) is 34.4 Å². The van der Waals surface area contributed by atoms with Crippen molar-refractivity contribution in [1.29, 1.82) is 0 Å². The van der Waals surface area contributed by atoms with Gasteiger partial charge >= 0.3 is 11.9 Å². The Morgan fingerprint density at radius 3 is 2.25 bits per heavy atom. The third-order valence-electron chi connectivity index (χ3n) is 9.51. The first-order valence-corrected chi connectivity index (χ1v) is 21.6. The number of carbonyl (C=O) groups is 5. The van der Waals surface area contributed by atoms with Gasteiger partial charge in [-0.25, -0.2) is 4.79 Å². The van der Waals surface area contributed by atoms with Crippen LogP contribution < -0.4 is 20.7 Å². The number of nitrogens with zero attached hydrogens (tertiary/aromatic N) is 1. The zero-order valence-corrected chi connectivity index (χ0v) is 35.5. The number of hydrogen-bond acceptors (Lipinski definition) is 20. The second-order valence-electron chi connectivity index (χ2n) is 14.2. The fourth-order valence-corrected chi connectivity index (χ4v) is 8.58. The van der Waals surface area contributed by atoms with Crippen molar-refractivity contribution in [2.45, 2.75) is 118 Å². The van der Waals surface area contributed by atoms with E-state index < -0.39 is 108 Å². The summed E-state index contributed by atoms with van der Waals surface area (Å²) in [6.07, 6.45) is -11.5. The van der Waals surface area contributed by atoms with Crippen LogP contribution in [-0.2, 0) is 42.9 Å². The number of amides is 3. The molecule has 0 aromatic heterocycles. The number of carbonyl (C=O) groups excluding carboxylic acids is 5. The van der Waals surface area contributed by atoms with Gasteiger partial charge in [-0.15, -0.1) is 11.8 Å². The first kappa shape index (κ1) is 51.7. The number of unbranched alkanes of at least 4 members (excludes halogenated alkanes) is 1. The van der Waals surface area contributed by atoms with Crippen LogP contribution in [0.15, 0.2) is 24.3 Å². The van der Waals surface area contributed by atoms with Crippen LogP contribution in [0.1, 0.15) is 52.4 Å². The fourth-order valence-electron chi connectivity index (χ4n) is 6.43. The number of nitrogens with one attached hydrogen (secondary N) is 3. The molecule has 2 heterocycles. The van der Waals surface area contributed by atoms with Crippen LogP contribution in [0.2, 0.25) is 0 Å². The van der Waals surface area contributed by atoms with Gasteiger partial charge in [-0.2, -0.15) is 11.8 Å². The minimum absolute atomic E-state index is 0.0721. The number of benzene rings is 1.